The molecule has 0 radical (unpaired) electrons. The maximum Gasteiger partial charge on any atom is 0.228 e. The fourth-order valence-electron chi connectivity index (χ4n) is 3.59. The van der Waals surface area contributed by atoms with Crippen LogP contribution in [0, 0.1) is 5.92 Å². The molecule has 144 valence electrons. The Morgan fingerprint density at radius 2 is 1.63 bits per heavy atom. The second-order valence-electron chi connectivity index (χ2n) is 7.24. The van der Waals surface area contributed by atoms with Gasteiger partial charge in [-0.3, -0.25) is 4.79 Å². The number of ether oxygens (including phenoxy) is 2. The average Bonchev–Trinajstić information content (AvgIpc) is 2.71. The van der Waals surface area contributed by atoms with Gasteiger partial charge in [0.05, 0.1) is 20.1 Å². The van der Waals surface area contributed by atoms with E-state index in [9.17, 15) is 4.79 Å². The molecule has 1 aliphatic carbocycles. The summed E-state index contributed by atoms with van der Waals surface area (Å²) in [5.41, 5.74) is 1.74. The van der Waals surface area contributed by atoms with Crippen LogP contribution in [-0.4, -0.2) is 19.6 Å². The Kier molecular flexibility index (Phi) is 7.14. The van der Waals surface area contributed by atoms with Crippen molar-refractivity contribution in [3.05, 3.63) is 54.1 Å². The molecule has 2 aromatic rings. The normalized spacial score (nSPS) is 14.6. The Balaban J connectivity index is 1.41. The maximum atomic E-state index is 12.2. The van der Waals surface area contributed by atoms with E-state index in [1.165, 1.54) is 32.1 Å². The van der Waals surface area contributed by atoms with Crippen LogP contribution in [0.3, 0.4) is 0 Å². The van der Waals surface area contributed by atoms with Crippen molar-refractivity contribution in [2.24, 2.45) is 5.92 Å². The zero-order chi connectivity index (χ0) is 18.9. The Morgan fingerprint density at radius 3 is 2.30 bits per heavy atom. The quantitative estimate of drug-likeness (QED) is 0.695. The molecule has 4 nitrogen and oxygen atoms in total. The van der Waals surface area contributed by atoms with Crippen LogP contribution in [0.2, 0.25) is 0 Å². The molecule has 0 aliphatic heterocycles. The molecule has 0 heterocycles. The van der Waals surface area contributed by atoms with Crippen molar-refractivity contribution in [1.82, 2.24) is 0 Å². The third-order valence-electron chi connectivity index (χ3n) is 5.18. The first-order valence-electron chi connectivity index (χ1n) is 9.88. The summed E-state index contributed by atoms with van der Waals surface area (Å²) >= 11 is 0. The summed E-state index contributed by atoms with van der Waals surface area (Å²) in [6.07, 6.45) is 8.31. The van der Waals surface area contributed by atoms with E-state index in [1.807, 2.05) is 48.5 Å². The van der Waals surface area contributed by atoms with Crippen molar-refractivity contribution in [3.8, 4) is 11.5 Å². The number of amides is 1. The highest BCUT2D eigenvalue weighted by molar-refractivity contribution is 5.92. The maximum absolute atomic E-state index is 12.2. The molecule has 0 saturated heterocycles. The number of rotatable bonds is 8. The van der Waals surface area contributed by atoms with Crippen molar-refractivity contribution >= 4 is 11.6 Å². The lowest BCUT2D eigenvalue weighted by Crippen LogP contribution is -2.14. The lowest BCUT2D eigenvalue weighted by Gasteiger charge is -2.21. The first-order valence-corrected chi connectivity index (χ1v) is 9.88. The molecule has 1 N–H and O–H groups in total. The van der Waals surface area contributed by atoms with Gasteiger partial charge in [-0.1, -0.05) is 44.2 Å². The topological polar surface area (TPSA) is 47.6 Å². The molecule has 1 saturated carbocycles. The second kappa shape index (κ2) is 10.0. The summed E-state index contributed by atoms with van der Waals surface area (Å²) in [5, 5.41) is 2.93. The molecule has 1 fully saturated rings. The number of nitrogens with one attached hydrogen (secondary N) is 1. The standard InChI is InChI=1S/C23H29NO3/c1-26-21-11-7-19(8-12-21)17-23(25)24-20-9-13-22(14-10-20)27-16-15-18-5-3-2-4-6-18/h7-14,18H,2-6,15-17H2,1H3,(H,24,25). The van der Waals surface area contributed by atoms with Crippen molar-refractivity contribution < 1.29 is 14.3 Å². The van der Waals surface area contributed by atoms with E-state index in [2.05, 4.69) is 5.32 Å². The van der Waals surface area contributed by atoms with Crippen LogP contribution in [0.5, 0.6) is 11.5 Å². The second-order valence-corrected chi connectivity index (χ2v) is 7.24. The van der Waals surface area contributed by atoms with Crippen molar-refractivity contribution in [3.63, 3.8) is 0 Å². The summed E-state index contributed by atoms with van der Waals surface area (Å²) < 4.78 is 11.0. The molecule has 2 aromatic carbocycles. The van der Waals surface area contributed by atoms with Crippen LogP contribution < -0.4 is 14.8 Å². The molecular weight excluding hydrogens is 338 g/mol. The zero-order valence-electron chi connectivity index (χ0n) is 16.1. The fraction of sp³-hybridized carbons (Fsp3) is 0.435. The number of anilines is 1. The molecule has 0 aromatic heterocycles. The van der Waals surface area contributed by atoms with Crippen LogP contribution >= 0.6 is 0 Å². The largest absolute Gasteiger partial charge is 0.497 e. The van der Waals surface area contributed by atoms with Gasteiger partial charge < -0.3 is 14.8 Å². The third-order valence-corrected chi connectivity index (χ3v) is 5.18. The van der Waals surface area contributed by atoms with E-state index < -0.39 is 0 Å². The molecule has 0 atom stereocenters. The van der Waals surface area contributed by atoms with Crippen LogP contribution in [-0.2, 0) is 11.2 Å². The highest BCUT2D eigenvalue weighted by Crippen LogP contribution is 2.26. The lowest BCUT2D eigenvalue weighted by atomic mass is 9.87. The number of carbonyl (C=O) groups is 1. The molecule has 3 rings (SSSR count). The SMILES string of the molecule is COc1ccc(CC(=O)Nc2ccc(OCCC3CCCCC3)cc2)cc1. The molecule has 1 amide bonds. The minimum atomic E-state index is -0.0360. The summed E-state index contributed by atoms with van der Waals surface area (Å²) in [6, 6.07) is 15.2. The van der Waals surface area contributed by atoms with Gasteiger partial charge in [0.2, 0.25) is 5.91 Å². The van der Waals surface area contributed by atoms with E-state index in [0.717, 1.165) is 41.7 Å². The minimum Gasteiger partial charge on any atom is -0.497 e. The van der Waals surface area contributed by atoms with Gasteiger partial charge in [0.1, 0.15) is 11.5 Å². The molecular formula is C23H29NO3. The minimum absolute atomic E-state index is 0.0360. The van der Waals surface area contributed by atoms with Crippen molar-refractivity contribution in [2.75, 3.05) is 19.0 Å². The van der Waals surface area contributed by atoms with Crippen LogP contribution in [0.1, 0.15) is 44.1 Å². The molecule has 4 heteroatoms. The number of methoxy groups -OCH3 is 1. The molecule has 27 heavy (non-hydrogen) atoms. The van der Waals surface area contributed by atoms with E-state index >= 15 is 0 Å². The number of carbonyl (C=O) groups excluding carboxylic acids is 1. The Morgan fingerprint density at radius 1 is 0.963 bits per heavy atom. The third kappa shape index (κ3) is 6.31. The Labute approximate surface area is 161 Å². The molecule has 0 spiro atoms. The highest BCUT2D eigenvalue weighted by atomic mass is 16.5. The monoisotopic (exact) mass is 367 g/mol. The van der Waals surface area contributed by atoms with E-state index in [1.54, 1.807) is 7.11 Å². The molecule has 0 bridgehead atoms. The first-order chi connectivity index (χ1) is 13.2. The summed E-state index contributed by atoms with van der Waals surface area (Å²) in [7, 11) is 1.63. The van der Waals surface area contributed by atoms with Crippen LogP contribution in [0.15, 0.2) is 48.5 Å². The van der Waals surface area contributed by atoms with E-state index in [-0.39, 0.29) is 5.91 Å². The number of benzene rings is 2. The van der Waals surface area contributed by atoms with E-state index in [0.29, 0.717) is 6.42 Å². The highest BCUT2D eigenvalue weighted by Gasteiger charge is 2.13. The van der Waals surface area contributed by atoms with Crippen molar-refractivity contribution in [2.45, 2.75) is 44.9 Å². The molecule has 0 unspecified atom stereocenters. The predicted molar refractivity (Wildman–Crippen MR) is 108 cm³/mol. The van der Waals surface area contributed by atoms with Gasteiger partial charge >= 0.3 is 0 Å². The van der Waals surface area contributed by atoms with Crippen molar-refractivity contribution in [1.29, 1.82) is 0 Å². The van der Waals surface area contributed by atoms with Crippen LogP contribution in [0.4, 0.5) is 5.69 Å². The Bertz CT molecular complexity index is 703. The van der Waals surface area contributed by atoms with Gasteiger partial charge in [0, 0.05) is 5.69 Å². The van der Waals surface area contributed by atoms with Crippen LogP contribution in [0.25, 0.3) is 0 Å². The van der Waals surface area contributed by atoms with Gasteiger partial charge in [-0.25, -0.2) is 0 Å². The summed E-state index contributed by atoms with van der Waals surface area (Å²) in [4.78, 5) is 12.2. The predicted octanol–water partition coefficient (Wildman–Crippen LogP) is 5.23. The van der Waals surface area contributed by atoms with Gasteiger partial charge in [-0.05, 0) is 54.3 Å². The lowest BCUT2D eigenvalue weighted by molar-refractivity contribution is -0.115. The van der Waals surface area contributed by atoms with Gasteiger partial charge in [-0.15, -0.1) is 0 Å². The first kappa shape index (κ1) is 19.3. The zero-order valence-corrected chi connectivity index (χ0v) is 16.1. The van der Waals surface area contributed by atoms with Gasteiger partial charge in [0.15, 0.2) is 0 Å². The van der Waals surface area contributed by atoms with Gasteiger partial charge in [0.25, 0.3) is 0 Å². The molecule has 1 aliphatic rings. The Hall–Kier alpha value is -2.49. The number of hydrogen-bond donors (Lipinski definition) is 1. The average molecular weight is 367 g/mol. The van der Waals surface area contributed by atoms with Gasteiger partial charge in [-0.2, -0.15) is 0 Å². The van der Waals surface area contributed by atoms with E-state index in [4.69, 9.17) is 9.47 Å². The summed E-state index contributed by atoms with van der Waals surface area (Å²) in [5.74, 6) is 2.44. The number of hydrogen-bond acceptors (Lipinski definition) is 3. The fourth-order valence-corrected chi connectivity index (χ4v) is 3.59. The smallest absolute Gasteiger partial charge is 0.228 e. The summed E-state index contributed by atoms with van der Waals surface area (Å²) in [6.45, 7) is 0.772.